The summed E-state index contributed by atoms with van der Waals surface area (Å²) in [5.41, 5.74) is 3.61. The fraction of sp³-hybridized carbons (Fsp3) is 0.292. The maximum Gasteiger partial charge on any atom is 0.257 e. The van der Waals surface area contributed by atoms with E-state index in [4.69, 9.17) is 0 Å². The smallest absolute Gasteiger partial charge is 0.257 e. The number of nitrogens with one attached hydrogen (secondary N) is 1. The van der Waals surface area contributed by atoms with Crippen molar-refractivity contribution in [3.63, 3.8) is 0 Å². The highest BCUT2D eigenvalue weighted by Gasteiger charge is 2.59. The van der Waals surface area contributed by atoms with Gasteiger partial charge in [-0.15, -0.1) is 0 Å². The lowest BCUT2D eigenvalue weighted by Gasteiger charge is -2.20. The highest BCUT2D eigenvalue weighted by atomic mass is 16.2. The Bertz CT molecular complexity index is 1060. The summed E-state index contributed by atoms with van der Waals surface area (Å²) in [5.74, 6) is -0.971. The van der Waals surface area contributed by atoms with Gasteiger partial charge in [-0.25, -0.2) is 4.90 Å². The third-order valence-corrected chi connectivity index (χ3v) is 6.62. The highest BCUT2D eigenvalue weighted by molar-refractivity contribution is 6.25. The Hall–Kier alpha value is -3.21. The van der Waals surface area contributed by atoms with Gasteiger partial charge in [0.05, 0.1) is 23.1 Å². The maximum atomic E-state index is 13.1. The molecule has 3 amide bonds. The molecule has 29 heavy (non-hydrogen) atoms. The first-order chi connectivity index (χ1) is 14.0. The number of imide groups is 1. The fourth-order valence-electron chi connectivity index (χ4n) is 5.02. The van der Waals surface area contributed by atoms with Crippen molar-refractivity contribution in [2.45, 2.75) is 20.3 Å². The number of hydrogen-bond acceptors (Lipinski definition) is 3. The summed E-state index contributed by atoms with van der Waals surface area (Å²) in [6.45, 7) is 4.00. The monoisotopic (exact) mass is 386 g/mol. The van der Waals surface area contributed by atoms with E-state index >= 15 is 0 Å². The molecular weight excluding hydrogens is 364 g/mol. The minimum absolute atomic E-state index is 0.142. The number of carbonyl (C=O) groups excluding carboxylic acids is 3. The topological polar surface area (TPSA) is 66.5 Å². The Balaban J connectivity index is 1.47. The Kier molecular flexibility index (Phi) is 3.95. The van der Waals surface area contributed by atoms with E-state index in [1.807, 2.05) is 32.0 Å². The standard InChI is InChI=1S/C24H22N2O3/c1-13-7-10-17(11-14(13)2)25-22(27)18-5-3-4-6-19(18)26-23(28)20-15-8-9-16(12-15)21(20)24(26)29/h3-11,15-16,20-21H,12H2,1-2H3,(H,25,27)/t15-,16-,20-,21-/m0/s1. The molecule has 0 aromatic heterocycles. The number of fused-ring (bicyclic) bond motifs is 5. The van der Waals surface area contributed by atoms with Crippen LogP contribution in [0.3, 0.4) is 0 Å². The van der Waals surface area contributed by atoms with Crippen LogP contribution in [0.15, 0.2) is 54.6 Å². The zero-order valence-corrected chi connectivity index (χ0v) is 16.4. The van der Waals surface area contributed by atoms with Crippen molar-refractivity contribution in [2.24, 2.45) is 23.7 Å². The van der Waals surface area contributed by atoms with Crippen LogP contribution in [0.25, 0.3) is 0 Å². The number of aryl methyl sites for hydroxylation is 2. The average molecular weight is 386 g/mol. The molecule has 0 spiro atoms. The third-order valence-electron chi connectivity index (χ3n) is 6.62. The first kappa shape index (κ1) is 17.9. The quantitative estimate of drug-likeness (QED) is 0.643. The first-order valence-electron chi connectivity index (χ1n) is 9.99. The van der Waals surface area contributed by atoms with E-state index in [9.17, 15) is 14.4 Å². The van der Waals surface area contributed by atoms with Crippen molar-refractivity contribution in [3.05, 3.63) is 71.3 Å². The van der Waals surface area contributed by atoms with Gasteiger partial charge in [-0.3, -0.25) is 14.4 Å². The molecule has 1 aliphatic heterocycles. The Morgan fingerprint density at radius 3 is 2.24 bits per heavy atom. The zero-order chi connectivity index (χ0) is 20.3. The van der Waals surface area contributed by atoms with Crippen LogP contribution in [0.2, 0.25) is 0 Å². The first-order valence-corrected chi connectivity index (χ1v) is 9.99. The largest absolute Gasteiger partial charge is 0.322 e. The minimum atomic E-state index is -0.331. The van der Waals surface area contributed by atoms with Crippen molar-refractivity contribution < 1.29 is 14.4 Å². The van der Waals surface area contributed by atoms with Crippen LogP contribution in [0.1, 0.15) is 27.9 Å². The summed E-state index contributed by atoms with van der Waals surface area (Å²) in [7, 11) is 0. The predicted molar refractivity (Wildman–Crippen MR) is 111 cm³/mol. The molecule has 5 rings (SSSR count). The molecule has 5 nitrogen and oxygen atoms in total. The van der Waals surface area contributed by atoms with Crippen molar-refractivity contribution >= 4 is 29.1 Å². The van der Waals surface area contributed by atoms with Crippen molar-refractivity contribution in [2.75, 3.05) is 10.2 Å². The number of benzene rings is 2. The van der Waals surface area contributed by atoms with E-state index in [0.29, 0.717) is 16.9 Å². The molecule has 2 aromatic rings. The summed E-state index contributed by atoms with van der Waals surface area (Å²) >= 11 is 0. The van der Waals surface area contributed by atoms with Gasteiger partial charge in [-0.2, -0.15) is 0 Å². The van der Waals surface area contributed by atoms with Crippen LogP contribution in [-0.2, 0) is 9.59 Å². The third kappa shape index (κ3) is 2.64. The summed E-state index contributed by atoms with van der Waals surface area (Å²) in [4.78, 5) is 40.5. The lowest BCUT2D eigenvalue weighted by atomic mass is 9.85. The van der Waals surface area contributed by atoms with Gasteiger partial charge in [0.15, 0.2) is 0 Å². The molecule has 1 N–H and O–H groups in total. The van der Waals surface area contributed by atoms with Gasteiger partial charge < -0.3 is 5.32 Å². The Morgan fingerprint density at radius 2 is 1.59 bits per heavy atom. The normalized spacial score (nSPS) is 26.9. The van der Waals surface area contributed by atoms with Gasteiger partial charge in [0.25, 0.3) is 5.91 Å². The molecule has 146 valence electrons. The molecule has 5 heteroatoms. The molecular formula is C24H22N2O3. The summed E-state index contributed by atoms with van der Waals surface area (Å²) < 4.78 is 0. The molecule has 0 unspecified atom stereocenters. The SMILES string of the molecule is Cc1ccc(NC(=O)c2ccccc2N2C(=O)[C@@H]3[C@@H](C2=O)[C@H]2C=C[C@H]3C2)cc1C. The molecule has 2 bridgehead atoms. The second-order valence-electron chi connectivity index (χ2n) is 8.28. The molecule has 2 aliphatic carbocycles. The number of para-hydroxylation sites is 1. The molecule has 1 heterocycles. The number of amides is 3. The van der Waals surface area contributed by atoms with Gasteiger partial charge in [0.1, 0.15) is 0 Å². The van der Waals surface area contributed by atoms with Gasteiger partial charge in [0.2, 0.25) is 11.8 Å². The number of allylic oxidation sites excluding steroid dienone is 2. The molecule has 4 atom stereocenters. The van der Waals surface area contributed by atoms with Gasteiger partial charge in [-0.05, 0) is 67.5 Å². The molecule has 1 saturated heterocycles. The second kappa shape index (κ2) is 6.41. The van der Waals surface area contributed by atoms with Crippen molar-refractivity contribution in [3.8, 4) is 0 Å². The fourth-order valence-corrected chi connectivity index (χ4v) is 5.02. The van der Waals surface area contributed by atoms with Crippen LogP contribution >= 0.6 is 0 Å². The lowest BCUT2D eigenvalue weighted by molar-refractivity contribution is -0.123. The second-order valence-corrected chi connectivity index (χ2v) is 8.28. The number of nitrogens with zero attached hydrogens (tertiary/aromatic N) is 1. The summed E-state index contributed by atoms with van der Waals surface area (Å²) in [6.07, 6.45) is 5.02. The molecule has 2 aromatic carbocycles. The van der Waals surface area contributed by atoms with E-state index in [2.05, 4.69) is 17.5 Å². The van der Waals surface area contributed by atoms with E-state index in [0.717, 1.165) is 17.5 Å². The van der Waals surface area contributed by atoms with E-state index in [1.54, 1.807) is 24.3 Å². The minimum Gasteiger partial charge on any atom is -0.322 e. The molecule has 3 aliphatic rings. The summed E-state index contributed by atoms with van der Waals surface area (Å²) in [6, 6.07) is 12.6. The Morgan fingerprint density at radius 1 is 0.931 bits per heavy atom. The van der Waals surface area contributed by atoms with Crippen LogP contribution in [-0.4, -0.2) is 17.7 Å². The molecule has 1 saturated carbocycles. The van der Waals surface area contributed by atoms with Crippen molar-refractivity contribution in [1.82, 2.24) is 0 Å². The Labute approximate surface area is 169 Å². The number of anilines is 2. The number of hydrogen-bond donors (Lipinski definition) is 1. The number of carbonyl (C=O) groups is 3. The molecule has 2 fully saturated rings. The van der Waals surface area contributed by atoms with Crippen molar-refractivity contribution in [1.29, 1.82) is 0 Å². The highest BCUT2D eigenvalue weighted by Crippen LogP contribution is 2.53. The van der Waals surface area contributed by atoms with E-state index in [-0.39, 0.29) is 41.4 Å². The van der Waals surface area contributed by atoms with Crippen LogP contribution in [0.4, 0.5) is 11.4 Å². The predicted octanol–water partition coefficient (Wildman–Crippen LogP) is 3.87. The van der Waals surface area contributed by atoms with Crippen LogP contribution in [0.5, 0.6) is 0 Å². The molecule has 0 radical (unpaired) electrons. The number of rotatable bonds is 3. The van der Waals surface area contributed by atoms with Gasteiger partial charge in [-0.1, -0.05) is 30.4 Å². The van der Waals surface area contributed by atoms with Gasteiger partial charge in [0, 0.05) is 5.69 Å². The maximum absolute atomic E-state index is 13.1. The zero-order valence-electron chi connectivity index (χ0n) is 16.4. The lowest BCUT2D eigenvalue weighted by Crippen LogP contribution is -2.34. The summed E-state index contributed by atoms with van der Waals surface area (Å²) in [5, 5.41) is 2.90. The van der Waals surface area contributed by atoms with Gasteiger partial charge >= 0.3 is 0 Å². The van der Waals surface area contributed by atoms with Crippen LogP contribution < -0.4 is 10.2 Å². The van der Waals surface area contributed by atoms with Crippen LogP contribution in [0, 0.1) is 37.5 Å². The average Bonchev–Trinajstić information content (AvgIpc) is 3.39. The van der Waals surface area contributed by atoms with E-state index in [1.165, 1.54) is 4.90 Å². The van der Waals surface area contributed by atoms with E-state index < -0.39 is 0 Å².